The first-order valence-corrected chi connectivity index (χ1v) is 8.42. The van der Waals surface area contributed by atoms with E-state index in [1.54, 1.807) is 19.0 Å². The van der Waals surface area contributed by atoms with Crippen molar-refractivity contribution in [2.45, 2.75) is 32.9 Å². The van der Waals surface area contributed by atoms with Crippen molar-refractivity contribution in [1.29, 1.82) is 0 Å². The van der Waals surface area contributed by atoms with Gasteiger partial charge in [0, 0.05) is 20.6 Å². The lowest BCUT2D eigenvalue weighted by Gasteiger charge is -2.23. The number of hydrogen-bond donors (Lipinski definition) is 2. The minimum Gasteiger partial charge on any atom is -0.506 e. The molecule has 6 heteroatoms. The minimum absolute atomic E-state index is 0.0839. The molecule has 1 amide bonds. The Morgan fingerprint density at radius 1 is 1.29 bits per heavy atom. The van der Waals surface area contributed by atoms with E-state index < -0.39 is 0 Å². The van der Waals surface area contributed by atoms with Crippen molar-refractivity contribution < 1.29 is 9.90 Å². The Labute approximate surface area is 143 Å². The van der Waals surface area contributed by atoms with Crippen LogP contribution < -0.4 is 5.32 Å². The van der Waals surface area contributed by atoms with E-state index >= 15 is 0 Å². The second-order valence-corrected chi connectivity index (χ2v) is 7.41. The average molecular weight is 422 g/mol. The molecule has 0 saturated heterocycles. The number of phenolic OH excluding ortho intramolecular Hbond substituents is 1. The Bertz CT molecular complexity index is 481. The highest BCUT2D eigenvalue weighted by molar-refractivity contribution is 9.11. The van der Waals surface area contributed by atoms with E-state index in [-0.39, 0.29) is 17.7 Å². The first-order chi connectivity index (χ1) is 9.72. The van der Waals surface area contributed by atoms with Crippen LogP contribution in [0, 0.1) is 5.92 Å². The van der Waals surface area contributed by atoms with Gasteiger partial charge in [0.1, 0.15) is 5.75 Å². The molecule has 0 bridgehead atoms. The summed E-state index contributed by atoms with van der Waals surface area (Å²) < 4.78 is 1.26. The van der Waals surface area contributed by atoms with Crippen molar-refractivity contribution in [2.24, 2.45) is 5.92 Å². The summed E-state index contributed by atoms with van der Waals surface area (Å²) in [5.41, 5.74) is 0.992. The summed E-state index contributed by atoms with van der Waals surface area (Å²) in [6.07, 6.45) is 0.789. The van der Waals surface area contributed by atoms with Gasteiger partial charge in [0.05, 0.1) is 15.0 Å². The van der Waals surface area contributed by atoms with Gasteiger partial charge in [-0.3, -0.25) is 4.79 Å². The molecule has 0 aromatic heterocycles. The van der Waals surface area contributed by atoms with Gasteiger partial charge in [-0.2, -0.15) is 0 Å². The number of carbonyl (C=O) groups excluding carboxylic acids is 1. The van der Waals surface area contributed by atoms with E-state index in [1.165, 1.54) is 0 Å². The summed E-state index contributed by atoms with van der Waals surface area (Å²) in [5, 5.41) is 13.0. The van der Waals surface area contributed by atoms with Crippen LogP contribution in [0.1, 0.15) is 25.8 Å². The number of amides is 1. The van der Waals surface area contributed by atoms with Crippen molar-refractivity contribution in [3.05, 3.63) is 26.6 Å². The topological polar surface area (TPSA) is 52.6 Å². The molecule has 2 N–H and O–H groups in total. The molecule has 0 aliphatic rings. The molecule has 0 aliphatic carbocycles. The lowest BCUT2D eigenvalue weighted by Crippen LogP contribution is -2.44. The van der Waals surface area contributed by atoms with E-state index in [0.29, 0.717) is 21.4 Å². The summed E-state index contributed by atoms with van der Waals surface area (Å²) >= 11 is 6.63. The van der Waals surface area contributed by atoms with Crippen LogP contribution >= 0.6 is 31.9 Å². The van der Waals surface area contributed by atoms with Crippen LogP contribution in [0.2, 0.25) is 0 Å². The van der Waals surface area contributed by atoms with Crippen molar-refractivity contribution in [1.82, 2.24) is 10.2 Å². The Kier molecular flexibility index (Phi) is 7.16. The quantitative estimate of drug-likeness (QED) is 0.738. The smallest absolute Gasteiger partial charge is 0.239 e. The Morgan fingerprint density at radius 2 is 1.81 bits per heavy atom. The SMILES string of the molecule is CC(C)CC(NCc1cc(Br)c(O)c(Br)c1)C(=O)N(C)C. The zero-order valence-corrected chi connectivity index (χ0v) is 16.0. The number of phenols is 1. The number of rotatable bonds is 6. The number of nitrogens with one attached hydrogen (secondary N) is 1. The standard InChI is InChI=1S/C15H22Br2N2O2/c1-9(2)5-13(15(21)19(3)4)18-8-10-6-11(16)14(20)12(17)7-10/h6-7,9,13,18,20H,5,8H2,1-4H3. The first kappa shape index (κ1) is 18.5. The van der Waals surface area contributed by atoms with Crippen molar-refractivity contribution in [2.75, 3.05) is 14.1 Å². The highest BCUT2D eigenvalue weighted by atomic mass is 79.9. The van der Waals surface area contributed by atoms with Crippen LogP contribution in [-0.4, -0.2) is 36.1 Å². The van der Waals surface area contributed by atoms with Gasteiger partial charge in [-0.05, 0) is 61.9 Å². The highest BCUT2D eigenvalue weighted by Gasteiger charge is 2.21. The van der Waals surface area contributed by atoms with Crippen molar-refractivity contribution in [3.8, 4) is 5.75 Å². The summed E-state index contributed by atoms with van der Waals surface area (Å²) in [5.74, 6) is 0.701. The van der Waals surface area contributed by atoms with E-state index in [0.717, 1.165) is 12.0 Å². The van der Waals surface area contributed by atoms with Gasteiger partial charge < -0.3 is 15.3 Å². The maximum absolute atomic E-state index is 12.2. The maximum atomic E-state index is 12.2. The molecule has 1 rings (SSSR count). The lowest BCUT2D eigenvalue weighted by molar-refractivity contribution is -0.131. The van der Waals surface area contributed by atoms with Crippen LogP contribution in [0.15, 0.2) is 21.1 Å². The van der Waals surface area contributed by atoms with Crippen LogP contribution in [0.25, 0.3) is 0 Å². The molecule has 0 saturated carbocycles. The molecule has 0 spiro atoms. The summed E-state index contributed by atoms with van der Waals surface area (Å²) in [4.78, 5) is 13.8. The van der Waals surface area contributed by atoms with E-state index in [4.69, 9.17) is 0 Å². The first-order valence-electron chi connectivity index (χ1n) is 6.83. The third-order valence-corrected chi connectivity index (χ3v) is 4.28. The number of hydrogen-bond acceptors (Lipinski definition) is 3. The van der Waals surface area contributed by atoms with Crippen LogP contribution in [0.5, 0.6) is 5.75 Å². The molecule has 1 aromatic rings. The molecule has 0 aliphatic heterocycles. The fraction of sp³-hybridized carbons (Fsp3) is 0.533. The second kappa shape index (κ2) is 8.15. The zero-order chi connectivity index (χ0) is 16.2. The van der Waals surface area contributed by atoms with Crippen molar-refractivity contribution in [3.63, 3.8) is 0 Å². The third-order valence-electron chi connectivity index (χ3n) is 3.08. The van der Waals surface area contributed by atoms with Gasteiger partial charge >= 0.3 is 0 Å². The van der Waals surface area contributed by atoms with Gasteiger partial charge in [0.25, 0.3) is 0 Å². The Balaban J connectivity index is 2.79. The van der Waals surface area contributed by atoms with Gasteiger partial charge in [-0.15, -0.1) is 0 Å². The molecule has 4 nitrogen and oxygen atoms in total. The molecule has 0 radical (unpaired) electrons. The van der Waals surface area contributed by atoms with Gasteiger partial charge in [0.15, 0.2) is 0 Å². The number of likely N-dealkylation sites (N-methyl/N-ethyl adjacent to an activating group) is 1. The molecule has 1 aromatic carbocycles. The van der Waals surface area contributed by atoms with Gasteiger partial charge in [0.2, 0.25) is 5.91 Å². The zero-order valence-electron chi connectivity index (χ0n) is 12.8. The Hall–Kier alpha value is -0.590. The number of aromatic hydroxyl groups is 1. The largest absolute Gasteiger partial charge is 0.506 e. The highest BCUT2D eigenvalue weighted by Crippen LogP contribution is 2.33. The van der Waals surface area contributed by atoms with Crippen LogP contribution in [-0.2, 0) is 11.3 Å². The summed E-state index contributed by atoms with van der Waals surface area (Å²) in [7, 11) is 3.54. The summed E-state index contributed by atoms with van der Waals surface area (Å²) in [6, 6.07) is 3.49. The number of nitrogens with zero attached hydrogens (tertiary/aromatic N) is 1. The fourth-order valence-electron chi connectivity index (χ4n) is 2.02. The number of halogens is 2. The minimum atomic E-state index is -0.202. The number of benzene rings is 1. The maximum Gasteiger partial charge on any atom is 0.239 e. The van der Waals surface area contributed by atoms with Gasteiger partial charge in [-0.25, -0.2) is 0 Å². The second-order valence-electron chi connectivity index (χ2n) is 5.70. The molecule has 21 heavy (non-hydrogen) atoms. The predicted octanol–water partition coefficient (Wildman–Crippen LogP) is 3.51. The molecule has 1 atom stereocenters. The third kappa shape index (κ3) is 5.60. The van der Waals surface area contributed by atoms with Crippen LogP contribution in [0.4, 0.5) is 0 Å². The monoisotopic (exact) mass is 420 g/mol. The predicted molar refractivity (Wildman–Crippen MR) is 92.3 cm³/mol. The van der Waals surface area contributed by atoms with E-state index in [2.05, 4.69) is 51.0 Å². The molecule has 1 unspecified atom stereocenters. The van der Waals surface area contributed by atoms with E-state index in [1.807, 2.05) is 12.1 Å². The normalized spacial score (nSPS) is 12.5. The molecule has 118 valence electrons. The van der Waals surface area contributed by atoms with Gasteiger partial charge in [-0.1, -0.05) is 13.8 Å². The number of carbonyl (C=O) groups is 1. The van der Waals surface area contributed by atoms with Crippen molar-refractivity contribution >= 4 is 37.8 Å². The lowest BCUT2D eigenvalue weighted by atomic mass is 10.0. The average Bonchev–Trinajstić information content (AvgIpc) is 2.39. The summed E-state index contributed by atoms with van der Waals surface area (Å²) in [6.45, 7) is 4.77. The fourth-order valence-corrected chi connectivity index (χ4v) is 3.30. The molecule has 0 fully saturated rings. The molecular formula is C15H22Br2N2O2. The Morgan fingerprint density at radius 3 is 2.24 bits per heavy atom. The molecule has 0 heterocycles. The molecular weight excluding hydrogens is 400 g/mol. The van der Waals surface area contributed by atoms with Crippen LogP contribution in [0.3, 0.4) is 0 Å². The van der Waals surface area contributed by atoms with E-state index in [9.17, 15) is 9.90 Å².